The summed E-state index contributed by atoms with van der Waals surface area (Å²) in [7, 11) is 1.83. The van der Waals surface area contributed by atoms with Crippen molar-refractivity contribution in [3.63, 3.8) is 0 Å². The number of amides is 1. The van der Waals surface area contributed by atoms with Crippen molar-refractivity contribution in [2.45, 2.75) is 32.7 Å². The van der Waals surface area contributed by atoms with E-state index in [1.54, 1.807) is 29.2 Å². The van der Waals surface area contributed by atoms with Crippen molar-refractivity contribution in [2.24, 2.45) is 0 Å². The molecule has 0 heterocycles. The van der Waals surface area contributed by atoms with Crippen LogP contribution in [0.4, 0.5) is 0 Å². The fourth-order valence-corrected chi connectivity index (χ4v) is 1.52. The number of halogens is 1. The van der Waals surface area contributed by atoms with Crippen LogP contribution >= 0.6 is 11.6 Å². The van der Waals surface area contributed by atoms with Crippen molar-refractivity contribution in [2.75, 3.05) is 7.05 Å². The molecule has 0 bridgehead atoms. The number of hydrogen-bond donors (Lipinski definition) is 0. The summed E-state index contributed by atoms with van der Waals surface area (Å²) in [6.45, 7) is 6.17. The molecular formula is C13H18ClNO. The van der Waals surface area contributed by atoms with Crippen LogP contribution in [0.1, 0.15) is 37.6 Å². The van der Waals surface area contributed by atoms with Crippen LogP contribution in [-0.2, 0) is 0 Å². The molecule has 0 saturated carbocycles. The van der Waals surface area contributed by atoms with E-state index in [2.05, 4.69) is 20.8 Å². The van der Waals surface area contributed by atoms with E-state index in [4.69, 9.17) is 11.6 Å². The van der Waals surface area contributed by atoms with E-state index in [0.29, 0.717) is 10.6 Å². The lowest BCUT2D eigenvalue weighted by atomic mass is 9.99. The fraction of sp³-hybridized carbons (Fsp3) is 0.462. The molecule has 2 nitrogen and oxygen atoms in total. The van der Waals surface area contributed by atoms with E-state index in [0.717, 1.165) is 6.42 Å². The van der Waals surface area contributed by atoms with E-state index in [1.165, 1.54) is 0 Å². The van der Waals surface area contributed by atoms with Gasteiger partial charge in [0.05, 0.1) is 0 Å². The minimum atomic E-state index is -0.139. The smallest absolute Gasteiger partial charge is 0.254 e. The second kappa shape index (κ2) is 4.88. The molecule has 0 aliphatic rings. The molecule has 0 aliphatic carbocycles. The fourth-order valence-electron chi connectivity index (χ4n) is 1.33. The lowest BCUT2D eigenvalue weighted by molar-refractivity contribution is 0.0620. The van der Waals surface area contributed by atoms with Crippen molar-refractivity contribution < 1.29 is 4.79 Å². The van der Waals surface area contributed by atoms with Crippen LogP contribution in [0.5, 0.6) is 0 Å². The maximum Gasteiger partial charge on any atom is 0.254 e. The van der Waals surface area contributed by atoms with Gasteiger partial charge in [0.1, 0.15) is 0 Å². The summed E-state index contributed by atoms with van der Waals surface area (Å²) in [5.74, 6) is 0.00866. The average molecular weight is 240 g/mol. The number of rotatable bonds is 3. The molecule has 88 valence electrons. The summed E-state index contributed by atoms with van der Waals surface area (Å²) in [5, 5.41) is 0.591. The molecule has 1 aromatic carbocycles. The highest BCUT2D eigenvalue weighted by atomic mass is 35.5. The largest absolute Gasteiger partial charge is 0.337 e. The van der Waals surface area contributed by atoms with Gasteiger partial charge >= 0.3 is 0 Å². The third-order valence-electron chi connectivity index (χ3n) is 3.15. The van der Waals surface area contributed by atoms with Gasteiger partial charge in [0.2, 0.25) is 0 Å². The quantitative estimate of drug-likeness (QED) is 0.789. The summed E-state index contributed by atoms with van der Waals surface area (Å²) in [5.41, 5.74) is 0.496. The van der Waals surface area contributed by atoms with E-state index in [9.17, 15) is 4.79 Å². The normalized spacial score (nSPS) is 11.3. The zero-order chi connectivity index (χ0) is 12.3. The van der Waals surface area contributed by atoms with E-state index < -0.39 is 0 Å². The van der Waals surface area contributed by atoms with E-state index in [1.807, 2.05) is 7.05 Å². The number of carbonyl (C=O) groups excluding carboxylic acids is 1. The molecule has 16 heavy (non-hydrogen) atoms. The first-order valence-electron chi connectivity index (χ1n) is 5.42. The van der Waals surface area contributed by atoms with Crippen molar-refractivity contribution in [3.05, 3.63) is 34.9 Å². The van der Waals surface area contributed by atoms with Crippen LogP contribution in [0.25, 0.3) is 0 Å². The predicted octanol–water partition coefficient (Wildman–Crippen LogP) is 3.60. The van der Waals surface area contributed by atoms with Gasteiger partial charge in [-0.15, -0.1) is 0 Å². The van der Waals surface area contributed by atoms with Gasteiger partial charge in [-0.1, -0.05) is 24.6 Å². The molecule has 1 amide bonds. The molecule has 0 radical (unpaired) electrons. The zero-order valence-corrected chi connectivity index (χ0v) is 11.0. The Kier molecular flexibility index (Phi) is 3.98. The van der Waals surface area contributed by atoms with Crippen LogP contribution in [0.15, 0.2) is 24.3 Å². The summed E-state index contributed by atoms with van der Waals surface area (Å²) in [4.78, 5) is 13.9. The van der Waals surface area contributed by atoms with Gasteiger partial charge < -0.3 is 4.90 Å². The zero-order valence-electron chi connectivity index (χ0n) is 10.2. The molecule has 0 N–H and O–H groups in total. The molecule has 0 aromatic heterocycles. The SMILES string of the molecule is CCC(C)(C)N(C)C(=O)c1cccc(Cl)c1. The summed E-state index contributed by atoms with van der Waals surface area (Å²) in [6, 6.07) is 7.05. The van der Waals surface area contributed by atoms with E-state index >= 15 is 0 Å². The van der Waals surface area contributed by atoms with Crippen LogP contribution in [0.2, 0.25) is 5.02 Å². The molecule has 0 spiro atoms. The average Bonchev–Trinajstić information content (AvgIpc) is 2.27. The Morgan fingerprint density at radius 1 is 1.44 bits per heavy atom. The van der Waals surface area contributed by atoms with Crippen molar-refractivity contribution in [1.82, 2.24) is 4.90 Å². The third-order valence-corrected chi connectivity index (χ3v) is 3.38. The number of carbonyl (C=O) groups is 1. The van der Waals surface area contributed by atoms with Gasteiger partial charge in [0.25, 0.3) is 5.91 Å². The van der Waals surface area contributed by atoms with Gasteiger partial charge in [-0.2, -0.15) is 0 Å². The molecule has 1 rings (SSSR count). The minimum Gasteiger partial charge on any atom is -0.337 e. The molecule has 3 heteroatoms. The predicted molar refractivity (Wildman–Crippen MR) is 67.9 cm³/mol. The highest BCUT2D eigenvalue weighted by molar-refractivity contribution is 6.30. The van der Waals surface area contributed by atoms with Gasteiger partial charge in [-0.05, 0) is 38.5 Å². The Morgan fingerprint density at radius 3 is 2.56 bits per heavy atom. The summed E-state index contributed by atoms with van der Waals surface area (Å²) >= 11 is 5.87. The Hall–Kier alpha value is -1.02. The second-order valence-corrected chi connectivity index (χ2v) is 4.98. The number of nitrogens with zero attached hydrogens (tertiary/aromatic N) is 1. The molecular weight excluding hydrogens is 222 g/mol. The Bertz CT molecular complexity index is 387. The van der Waals surface area contributed by atoms with Crippen LogP contribution < -0.4 is 0 Å². The monoisotopic (exact) mass is 239 g/mol. The standard InChI is InChI=1S/C13H18ClNO/c1-5-13(2,3)15(4)12(16)10-7-6-8-11(14)9-10/h6-9H,5H2,1-4H3. The first-order chi connectivity index (χ1) is 7.38. The van der Waals surface area contributed by atoms with Gasteiger partial charge in [-0.3, -0.25) is 4.79 Å². The lowest BCUT2D eigenvalue weighted by Crippen LogP contribution is -2.44. The summed E-state index contributed by atoms with van der Waals surface area (Å²) < 4.78 is 0. The third kappa shape index (κ3) is 2.76. The second-order valence-electron chi connectivity index (χ2n) is 4.54. The molecule has 0 atom stereocenters. The topological polar surface area (TPSA) is 20.3 Å². The first kappa shape index (κ1) is 13.0. The van der Waals surface area contributed by atoms with Gasteiger partial charge in [0.15, 0.2) is 0 Å². The Balaban J connectivity index is 2.95. The first-order valence-corrected chi connectivity index (χ1v) is 5.80. The van der Waals surface area contributed by atoms with E-state index in [-0.39, 0.29) is 11.4 Å². The van der Waals surface area contributed by atoms with Gasteiger partial charge in [0, 0.05) is 23.2 Å². The lowest BCUT2D eigenvalue weighted by Gasteiger charge is -2.35. The van der Waals surface area contributed by atoms with Crippen LogP contribution in [0.3, 0.4) is 0 Å². The molecule has 0 saturated heterocycles. The highest BCUT2D eigenvalue weighted by Gasteiger charge is 2.26. The molecule has 0 fully saturated rings. The maximum atomic E-state index is 12.2. The molecule has 0 aliphatic heterocycles. The highest BCUT2D eigenvalue weighted by Crippen LogP contribution is 2.20. The van der Waals surface area contributed by atoms with Crippen molar-refractivity contribution in [1.29, 1.82) is 0 Å². The number of hydrogen-bond acceptors (Lipinski definition) is 1. The molecule has 0 unspecified atom stereocenters. The van der Waals surface area contributed by atoms with Crippen LogP contribution in [-0.4, -0.2) is 23.4 Å². The summed E-state index contributed by atoms with van der Waals surface area (Å²) in [6.07, 6.45) is 0.913. The minimum absolute atomic E-state index is 0.00866. The van der Waals surface area contributed by atoms with Crippen LogP contribution in [0, 0.1) is 0 Å². The number of benzene rings is 1. The maximum absolute atomic E-state index is 12.2. The van der Waals surface area contributed by atoms with Gasteiger partial charge in [-0.25, -0.2) is 0 Å². The molecule has 1 aromatic rings. The van der Waals surface area contributed by atoms with Crippen molar-refractivity contribution in [3.8, 4) is 0 Å². The Morgan fingerprint density at radius 2 is 2.06 bits per heavy atom. The van der Waals surface area contributed by atoms with Crippen molar-refractivity contribution >= 4 is 17.5 Å². The Labute approximate surface area is 102 Å².